The number of hydrogen-bond acceptors (Lipinski definition) is 3. The van der Waals surface area contributed by atoms with E-state index in [1.165, 1.54) is 4.90 Å². The van der Waals surface area contributed by atoms with Crippen molar-refractivity contribution in [2.24, 2.45) is 0 Å². The summed E-state index contributed by atoms with van der Waals surface area (Å²) in [6.07, 6.45) is 1.39. The summed E-state index contributed by atoms with van der Waals surface area (Å²) in [5, 5.41) is -0.826. The third-order valence-electron chi connectivity index (χ3n) is 17.3. The van der Waals surface area contributed by atoms with Crippen LogP contribution < -0.4 is 26.2 Å². The van der Waals surface area contributed by atoms with Gasteiger partial charge in [-0.25, -0.2) is 0 Å². The molecule has 0 aliphatic carbocycles. The van der Waals surface area contributed by atoms with Gasteiger partial charge in [-0.05, 0) is 153 Å². The van der Waals surface area contributed by atoms with Gasteiger partial charge < -0.3 is 23.4 Å². The third-order valence-corrected chi connectivity index (χ3v) is 17.3. The summed E-state index contributed by atoms with van der Waals surface area (Å²) >= 11 is 0. The fourth-order valence-corrected chi connectivity index (χ4v) is 13.1. The fraction of sp³-hybridized carbons (Fsp3) is 0.143. The van der Waals surface area contributed by atoms with Crippen LogP contribution in [0.3, 0.4) is 0 Å². The number of rotatable bonds is 9. The molecule has 0 radical (unpaired) electrons. The summed E-state index contributed by atoms with van der Waals surface area (Å²) in [4.78, 5) is 3.05. The van der Waals surface area contributed by atoms with Crippen molar-refractivity contribution in [1.82, 2.24) is 9.13 Å². The largest absolute Gasteiger partial charge is 0.456 e. The van der Waals surface area contributed by atoms with Crippen molar-refractivity contribution in [1.29, 1.82) is 0 Å². The van der Waals surface area contributed by atoms with Crippen molar-refractivity contribution < 1.29 is 40.1 Å². The molecule has 0 saturated carbocycles. The number of aromatic nitrogens is 2. The summed E-state index contributed by atoms with van der Waals surface area (Å²) in [7, 11) is 0. The van der Waals surface area contributed by atoms with Crippen LogP contribution in [0.15, 0.2) is 259 Å². The molecule has 5 nitrogen and oxygen atoms in total. The van der Waals surface area contributed by atoms with Crippen LogP contribution in [0.5, 0.6) is 0 Å². The van der Waals surface area contributed by atoms with E-state index in [0.29, 0.717) is 45.9 Å². The van der Waals surface area contributed by atoms with Crippen LogP contribution >= 0.6 is 0 Å². The van der Waals surface area contributed by atoms with Crippen LogP contribution in [0.2, 0.25) is 0 Å². The second-order valence-electron chi connectivity index (χ2n) is 25.0. The Labute approximate surface area is 563 Å². The predicted octanol–water partition coefficient (Wildman–Crippen LogP) is 21.1. The maximum Gasteiger partial charge on any atom is 0.252 e. The van der Waals surface area contributed by atoms with Crippen molar-refractivity contribution >= 4 is 123 Å². The number of fused-ring (bicyclic) bond motifs is 13. The first kappa shape index (κ1) is 33.3. The van der Waals surface area contributed by atoms with Gasteiger partial charge in [0, 0.05) is 72.2 Å². The monoisotopic (exact) mass is 1190 g/mol. The molecular weight excluding hydrogens is 1090 g/mol. The summed E-state index contributed by atoms with van der Waals surface area (Å²) in [6, 6.07) is 9.01. The molecule has 15 aromatic rings. The van der Waals surface area contributed by atoms with Gasteiger partial charge in [0.15, 0.2) is 0 Å². The Morgan fingerprint density at radius 2 is 0.867 bits per heavy atom. The van der Waals surface area contributed by atoms with E-state index in [1.807, 2.05) is 39.8 Å². The molecule has 17 rings (SSSR count). The number of furan rings is 1. The van der Waals surface area contributed by atoms with Gasteiger partial charge in [0.05, 0.1) is 74.5 Å². The van der Waals surface area contributed by atoms with E-state index >= 15 is 0 Å². The van der Waals surface area contributed by atoms with Crippen molar-refractivity contribution in [3.05, 3.63) is 271 Å². The second kappa shape index (κ2) is 20.4. The minimum Gasteiger partial charge on any atom is -0.456 e. The minimum absolute atomic E-state index is 0.0223. The summed E-state index contributed by atoms with van der Waals surface area (Å²) in [5.41, 5.74) is -5.55. The van der Waals surface area contributed by atoms with Gasteiger partial charge in [0.2, 0.25) is 0 Å². The number of aryl methyl sites for hydroxylation is 1. The molecule has 434 valence electrons. The zero-order valence-electron chi connectivity index (χ0n) is 76.1. The van der Waals surface area contributed by atoms with E-state index in [9.17, 15) is 30.2 Å². The molecule has 3 aromatic heterocycles. The Morgan fingerprint density at radius 3 is 1.34 bits per heavy atom. The van der Waals surface area contributed by atoms with Crippen LogP contribution in [-0.4, -0.2) is 15.8 Å². The highest BCUT2D eigenvalue weighted by Gasteiger charge is 2.46. The van der Waals surface area contributed by atoms with Crippen LogP contribution in [0, 0.1) is 0 Å². The number of hydrogen-bond donors (Lipinski definition) is 0. The first-order valence-electron chi connectivity index (χ1n) is 43.1. The molecule has 0 saturated heterocycles. The highest BCUT2D eigenvalue weighted by atomic mass is 16.3. The van der Waals surface area contributed by atoms with Crippen LogP contribution in [0.25, 0.3) is 99.2 Å². The lowest BCUT2D eigenvalue weighted by Crippen LogP contribution is -2.61. The van der Waals surface area contributed by atoms with E-state index in [2.05, 4.69) is 0 Å². The molecule has 0 N–H and O–H groups in total. The molecule has 0 spiro atoms. The van der Waals surface area contributed by atoms with Gasteiger partial charge in [-0.15, -0.1) is 0 Å². The first-order chi connectivity index (χ1) is 54.8. The van der Waals surface area contributed by atoms with Gasteiger partial charge in [0.1, 0.15) is 11.2 Å². The Morgan fingerprint density at radius 1 is 0.422 bits per heavy atom. The number of benzene rings is 12. The molecule has 12 aromatic carbocycles. The van der Waals surface area contributed by atoms with Crippen LogP contribution in [0.4, 0.5) is 34.1 Å². The second-order valence-corrected chi connectivity index (χ2v) is 25.0. The van der Waals surface area contributed by atoms with Gasteiger partial charge in [0.25, 0.3) is 6.71 Å². The normalized spacial score (nSPS) is 17.2. The molecule has 0 atom stereocenters. The smallest absolute Gasteiger partial charge is 0.252 e. The molecule has 5 heterocycles. The quantitative estimate of drug-likeness (QED) is 0.135. The molecule has 0 unspecified atom stereocenters. The standard InChI is InChI=1S/C84H69BN4O/c1-8-9-26-55-41-46-78-79(64-35-20-25-40-77(64)90-78)81(55)88-73-51-58(86-69-36-21-16-31-60(69)61-32-17-22-37-70(61)86)42-44-67(73)85-68-45-43-59(87-71-38-23-18-33-62(71)63-34-19-24-39-72(63)87)52-74(68)89(76-50-57(84(5,6)7)49-75(88)80(76)85)82-65(53-27-12-10-13-28-53)47-56(83(2,3)4)48-66(82)54-29-14-11-15-30-54/h10-25,27-52H,8-9,26H2,1-7H3/i16D,17D,18D,19D,21D,22D,23D,24D,31D,32D,33D,34D,36D,37D,38D,39D,42D,43D,44D,45D,47D,48D,49D,50D,51D,52D. The zero-order chi connectivity index (χ0) is 83.4. The van der Waals surface area contributed by atoms with E-state index in [4.69, 9.17) is 9.90 Å². The Hall–Kier alpha value is -10.3. The molecule has 2 aliphatic heterocycles. The number of anilines is 6. The van der Waals surface area contributed by atoms with E-state index in [0.717, 1.165) is 9.13 Å². The molecule has 0 fully saturated rings. The van der Waals surface area contributed by atoms with E-state index < -0.39 is 223 Å². The van der Waals surface area contributed by atoms with Gasteiger partial charge in [-0.2, -0.15) is 0 Å². The van der Waals surface area contributed by atoms with Gasteiger partial charge >= 0.3 is 0 Å². The molecule has 6 heteroatoms. The van der Waals surface area contributed by atoms with Crippen molar-refractivity contribution in [3.63, 3.8) is 0 Å². The average molecular weight is 1190 g/mol. The Kier molecular flexibility index (Phi) is 7.55. The van der Waals surface area contributed by atoms with Gasteiger partial charge in [-0.1, -0.05) is 224 Å². The number of nitrogens with zero attached hydrogens (tertiary/aromatic N) is 4. The molecular formula is C84H69BN4O. The molecule has 90 heavy (non-hydrogen) atoms. The highest BCUT2D eigenvalue weighted by Crippen LogP contribution is 2.54. The third kappa shape index (κ3) is 8.23. The summed E-state index contributed by atoms with van der Waals surface area (Å²) < 4.78 is 271. The number of unbranched alkanes of at least 4 members (excludes halogenated alkanes) is 1. The lowest BCUT2D eigenvalue weighted by Gasteiger charge is -2.46. The Bertz CT molecular complexity index is 6780. The number of para-hydroxylation sites is 5. The summed E-state index contributed by atoms with van der Waals surface area (Å²) in [5.74, 6) is 0. The van der Waals surface area contributed by atoms with E-state index in [1.54, 1.807) is 111 Å². The molecule has 2 aliphatic rings. The summed E-state index contributed by atoms with van der Waals surface area (Å²) in [6.45, 7) is 10.9. The highest BCUT2D eigenvalue weighted by molar-refractivity contribution is 7.00. The lowest BCUT2D eigenvalue weighted by atomic mass is 9.33. The minimum atomic E-state index is -1.95. The fourth-order valence-electron chi connectivity index (χ4n) is 13.1. The molecule has 0 bridgehead atoms. The van der Waals surface area contributed by atoms with Crippen molar-refractivity contribution in [2.45, 2.75) is 78.6 Å². The topological polar surface area (TPSA) is 29.5 Å². The first-order valence-corrected chi connectivity index (χ1v) is 30.1. The van der Waals surface area contributed by atoms with Crippen molar-refractivity contribution in [3.8, 4) is 33.6 Å². The van der Waals surface area contributed by atoms with Crippen molar-refractivity contribution in [2.75, 3.05) is 9.80 Å². The van der Waals surface area contributed by atoms with Crippen LogP contribution in [0.1, 0.15) is 114 Å². The van der Waals surface area contributed by atoms with Crippen LogP contribution in [-0.2, 0) is 17.3 Å². The maximum absolute atomic E-state index is 11.6. The lowest BCUT2D eigenvalue weighted by molar-refractivity contribution is 0.590. The average Bonchev–Trinajstić information content (AvgIpc) is 0.772. The SMILES string of the molecule is [2H]c1c([2H])c(-n2c3c([2H])c([2H])c([2H])c([2H])c3c3c([2H])c([2H])c([2H])c([2H])c32)c([2H])c2c1B1c3c([2H])c([2H])c(-n4c5c([2H])c([2H])c([2H])c([2H])c5c5c([2H])c([2H])c([2H])c([2H])c54)c([2H])c3N(c3c(CCCC)ccc4oc5ccccc5c34)c3c([2H])c(C(C)(C)C)c([2H])c(c31)N2c1c(-c2ccccc2)c([2H])c(C(C)(C)C)c([2H])c1-c1ccccc1. The Balaban J connectivity index is 1.19. The molecule has 0 amide bonds. The van der Waals surface area contributed by atoms with Gasteiger partial charge in [-0.3, -0.25) is 0 Å². The maximum atomic E-state index is 11.6. The predicted molar refractivity (Wildman–Crippen MR) is 383 cm³/mol. The zero-order valence-corrected chi connectivity index (χ0v) is 50.1. The van der Waals surface area contributed by atoms with E-state index in [-0.39, 0.29) is 91.7 Å².